The number of hydrogen-bond donors (Lipinski definition) is 1. The maximum absolute atomic E-state index is 12.3. The van der Waals surface area contributed by atoms with Crippen LogP contribution in [-0.4, -0.2) is 22.9 Å². The third-order valence-electron chi connectivity index (χ3n) is 3.48. The molecule has 0 radical (unpaired) electrons. The molecule has 0 atom stereocenters. The van der Waals surface area contributed by atoms with Gasteiger partial charge in [-0.2, -0.15) is 0 Å². The molecule has 0 spiro atoms. The number of carbonyl (C=O) groups excluding carboxylic acids is 1. The van der Waals surface area contributed by atoms with Crippen LogP contribution in [0.4, 0.5) is 0 Å². The lowest BCUT2D eigenvalue weighted by atomic mass is 9.78. The summed E-state index contributed by atoms with van der Waals surface area (Å²) in [5.41, 5.74) is 3.67. The summed E-state index contributed by atoms with van der Waals surface area (Å²) in [7, 11) is -0.906. The van der Waals surface area contributed by atoms with Gasteiger partial charge in [0.05, 0.1) is 11.6 Å². The highest BCUT2D eigenvalue weighted by Crippen LogP contribution is 2.18. The minimum atomic E-state index is -0.906. The Morgan fingerprint density at radius 2 is 2.29 bits per heavy atom. The van der Waals surface area contributed by atoms with Crippen LogP contribution >= 0.6 is 11.6 Å². The zero-order valence-electron chi connectivity index (χ0n) is 11.5. The molecular weight excluding hydrogens is 288 g/mol. The van der Waals surface area contributed by atoms with Crippen LogP contribution < -0.4 is 5.46 Å². The summed E-state index contributed by atoms with van der Waals surface area (Å²) in [5.74, 6) is -0.145. The highest BCUT2D eigenvalue weighted by Gasteiger charge is 2.27. The summed E-state index contributed by atoms with van der Waals surface area (Å²) in [6.07, 6.45) is 1.81. The van der Waals surface area contributed by atoms with Crippen LogP contribution in [0.2, 0.25) is 5.02 Å². The molecule has 0 amide bonds. The topological polar surface area (TPSA) is 59.4 Å². The number of fused-ring (bicyclic) bond motifs is 1. The molecule has 6 heteroatoms. The van der Waals surface area contributed by atoms with Gasteiger partial charge in [0.25, 0.3) is 0 Å². The van der Waals surface area contributed by atoms with Crippen LogP contribution in [0.1, 0.15) is 27.2 Å². The minimum Gasteiger partial charge on any atom is -0.423 e. The molecule has 4 nitrogen and oxygen atoms in total. The van der Waals surface area contributed by atoms with Crippen molar-refractivity contribution in [3.63, 3.8) is 0 Å². The monoisotopic (exact) mass is 301 g/mol. The van der Waals surface area contributed by atoms with E-state index in [0.29, 0.717) is 11.6 Å². The number of rotatable bonds is 3. The van der Waals surface area contributed by atoms with Gasteiger partial charge in [-0.3, -0.25) is 9.78 Å². The fraction of sp³-hybridized carbons (Fsp3) is 0.200. The molecule has 2 heterocycles. The zero-order chi connectivity index (χ0) is 15.0. The normalized spacial score (nSPS) is 13.4. The second-order valence-electron chi connectivity index (χ2n) is 5.14. The molecule has 1 N–H and O–H groups in total. The maximum Gasteiger partial charge on any atom is 0.491 e. The van der Waals surface area contributed by atoms with Gasteiger partial charge >= 0.3 is 7.12 Å². The lowest BCUT2D eigenvalue weighted by Gasteiger charge is -2.06. The Kier molecular flexibility index (Phi) is 3.80. The SMILES string of the molecule is Cc1cnc(C(=O)Cc2ccc3c(c2)B(O)OC3)c(Cl)c1. The molecule has 0 saturated heterocycles. The lowest BCUT2D eigenvalue weighted by molar-refractivity contribution is 0.0988. The Morgan fingerprint density at radius 1 is 1.48 bits per heavy atom. The molecule has 1 aromatic heterocycles. The molecule has 0 aliphatic carbocycles. The average molecular weight is 302 g/mol. The molecule has 106 valence electrons. The van der Waals surface area contributed by atoms with Gasteiger partial charge in [-0.25, -0.2) is 0 Å². The van der Waals surface area contributed by atoms with Crippen molar-refractivity contribution >= 4 is 30.0 Å². The molecule has 2 aromatic rings. The van der Waals surface area contributed by atoms with Gasteiger partial charge in [-0.15, -0.1) is 0 Å². The quantitative estimate of drug-likeness (QED) is 0.692. The van der Waals surface area contributed by atoms with E-state index in [4.69, 9.17) is 16.3 Å². The first-order valence-electron chi connectivity index (χ1n) is 6.61. The number of aromatic nitrogens is 1. The Hall–Kier alpha value is -1.69. The fourth-order valence-corrected chi connectivity index (χ4v) is 2.71. The Labute approximate surface area is 127 Å². The summed E-state index contributed by atoms with van der Waals surface area (Å²) in [5, 5.41) is 10.1. The predicted molar refractivity (Wildman–Crippen MR) is 80.9 cm³/mol. The van der Waals surface area contributed by atoms with Crippen molar-refractivity contribution in [3.05, 3.63) is 57.9 Å². The number of nitrogens with zero attached hydrogens (tertiary/aromatic N) is 1. The van der Waals surface area contributed by atoms with Crippen LogP contribution in [0.3, 0.4) is 0 Å². The lowest BCUT2D eigenvalue weighted by Crippen LogP contribution is -2.28. The van der Waals surface area contributed by atoms with Crippen molar-refractivity contribution in [1.29, 1.82) is 0 Å². The number of ketones is 1. The molecule has 1 aliphatic rings. The molecule has 1 aromatic carbocycles. The molecule has 1 aliphatic heterocycles. The Balaban J connectivity index is 1.83. The van der Waals surface area contributed by atoms with Crippen molar-refractivity contribution in [2.75, 3.05) is 0 Å². The van der Waals surface area contributed by atoms with Crippen molar-refractivity contribution in [3.8, 4) is 0 Å². The van der Waals surface area contributed by atoms with Gasteiger partial charge in [0, 0.05) is 12.6 Å². The summed E-state index contributed by atoms with van der Waals surface area (Å²) in [4.78, 5) is 16.4. The highest BCUT2D eigenvalue weighted by atomic mass is 35.5. The largest absolute Gasteiger partial charge is 0.491 e. The first-order chi connectivity index (χ1) is 10.0. The van der Waals surface area contributed by atoms with E-state index < -0.39 is 7.12 Å². The molecule has 0 fully saturated rings. The number of aryl methyl sites for hydroxylation is 1. The summed E-state index contributed by atoms with van der Waals surface area (Å²) in [6.45, 7) is 2.27. The number of hydrogen-bond acceptors (Lipinski definition) is 4. The van der Waals surface area contributed by atoms with Crippen molar-refractivity contribution in [1.82, 2.24) is 4.98 Å². The number of pyridine rings is 1. The zero-order valence-corrected chi connectivity index (χ0v) is 12.2. The predicted octanol–water partition coefficient (Wildman–Crippen LogP) is 1.69. The van der Waals surface area contributed by atoms with E-state index in [2.05, 4.69) is 4.98 Å². The fourth-order valence-electron chi connectivity index (χ4n) is 2.38. The summed E-state index contributed by atoms with van der Waals surface area (Å²) < 4.78 is 5.14. The maximum atomic E-state index is 12.3. The van der Waals surface area contributed by atoms with Gasteiger partial charge < -0.3 is 9.68 Å². The summed E-state index contributed by atoms with van der Waals surface area (Å²) in [6, 6.07) is 7.26. The van der Waals surface area contributed by atoms with Crippen molar-refractivity contribution in [2.24, 2.45) is 0 Å². The summed E-state index contributed by atoms with van der Waals surface area (Å²) >= 11 is 6.06. The van der Waals surface area contributed by atoms with Crippen LogP contribution in [0, 0.1) is 6.92 Å². The number of Topliss-reactive ketones (excluding diaryl/α,β-unsaturated/α-hetero) is 1. The molecule has 21 heavy (non-hydrogen) atoms. The number of benzene rings is 1. The second-order valence-corrected chi connectivity index (χ2v) is 5.55. The van der Waals surface area contributed by atoms with E-state index in [1.807, 2.05) is 19.1 Å². The van der Waals surface area contributed by atoms with Gasteiger partial charge in [-0.05, 0) is 35.1 Å². The molecule has 0 unspecified atom stereocenters. The van der Waals surface area contributed by atoms with E-state index in [-0.39, 0.29) is 17.9 Å². The standard InChI is InChI=1S/C15H13BClNO3/c1-9-4-13(17)15(18-7-9)14(19)6-10-2-3-11-8-21-16(20)12(11)5-10/h2-5,7,20H,6,8H2,1H3. The first kappa shape index (κ1) is 14.3. The minimum absolute atomic E-state index is 0.145. The average Bonchev–Trinajstić information content (AvgIpc) is 2.80. The van der Waals surface area contributed by atoms with Crippen LogP contribution in [0.5, 0.6) is 0 Å². The number of carbonyl (C=O) groups is 1. The van der Waals surface area contributed by atoms with Gasteiger partial charge in [0.15, 0.2) is 5.78 Å². The van der Waals surface area contributed by atoms with E-state index >= 15 is 0 Å². The third kappa shape index (κ3) is 2.86. The van der Waals surface area contributed by atoms with E-state index in [1.54, 1.807) is 18.3 Å². The van der Waals surface area contributed by atoms with E-state index in [0.717, 1.165) is 22.2 Å². The van der Waals surface area contributed by atoms with Crippen LogP contribution in [-0.2, 0) is 17.7 Å². The highest BCUT2D eigenvalue weighted by molar-refractivity contribution is 6.61. The third-order valence-corrected chi connectivity index (χ3v) is 3.77. The number of halogens is 1. The van der Waals surface area contributed by atoms with Crippen LogP contribution in [0.15, 0.2) is 30.5 Å². The van der Waals surface area contributed by atoms with Gasteiger partial charge in [0.1, 0.15) is 5.69 Å². The second kappa shape index (κ2) is 5.60. The molecule has 3 rings (SSSR count). The van der Waals surface area contributed by atoms with Gasteiger partial charge in [-0.1, -0.05) is 29.8 Å². The Morgan fingerprint density at radius 3 is 3.05 bits per heavy atom. The Bertz CT molecular complexity index is 720. The van der Waals surface area contributed by atoms with E-state index in [9.17, 15) is 9.82 Å². The smallest absolute Gasteiger partial charge is 0.423 e. The van der Waals surface area contributed by atoms with Crippen molar-refractivity contribution < 1.29 is 14.5 Å². The van der Waals surface area contributed by atoms with E-state index in [1.165, 1.54) is 0 Å². The molecule has 0 saturated carbocycles. The van der Waals surface area contributed by atoms with Crippen molar-refractivity contribution in [2.45, 2.75) is 20.0 Å². The molecular formula is C15H13BClNO3. The first-order valence-corrected chi connectivity index (χ1v) is 6.99. The van der Waals surface area contributed by atoms with Gasteiger partial charge in [0.2, 0.25) is 0 Å². The molecule has 0 bridgehead atoms. The van der Waals surface area contributed by atoms with Crippen LogP contribution in [0.25, 0.3) is 0 Å².